The normalized spacial score (nSPS) is 11.6. The van der Waals surface area contributed by atoms with E-state index in [-0.39, 0.29) is 0 Å². The van der Waals surface area contributed by atoms with Crippen molar-refractivity contribution in [2.75, 3.05) is 19.5 Å². The summed E-state index contributed by atoms with van der Waals surface area (Å²) in [6, 6.07) is 19.5. The van der Waals surface area contributed by atoms with Gasteiger partial charge >= 0.3 is 5.97 Å². The number of rotatable bonds is 7. The number of amides is 1. The zero-order valence-corrected chi connectivity index (χ0v) is 18.4. The van der Waals surface area contributed by atoms with Crippen LogP contribution >= 0.6 is 0 Å². The molecule has 1 unspecified atom stereocenters. The number of nitrogens with one attached hydrogen (secondary N) is 2. The molecule has 0 aliphatic heterocycles. The number of ether oxygens (including phenoxy) is 3. The largest absolute Gasteiger partial charge is 0.497 e. The second-order valence-electron chi connectivity index (χ2n) is 7.28. The zero-order chi connectivity index (χ0) is 23.4. The van der Waals surface area contributed by atoms with E-state index in [4.69, 9.17) is 14.2 Å². The molecule has 1 atom stereocenters. The van der Waals surface area contributed by atoms with Crippen LogP contribution in [0.3, 0.4) is 0 Å². The molecule has 0 radical (unpaired) electrons. The minimum absolute atomic E-state index is 0.310. The summed E-state index contributed by atoms with van der Waals surface area (Å²) in [6.07, 6.45) is -1.00. The zero-order valence-electron chi connectivity index (χ0n) is 18.4. The molecule has 33 heavy (non-hydrogen) atoms. The summed E-state index contributed by atoms with van der Waals surface area (Å²) in [5.41, 5.74) is 3.08. The van der Waals surface area contributed by atoms with Gasteiger partial charge in [-0.1, -0.05) is 12.1 Å². The van der Waals surface area contributed by atoms with Crippen molar-refractivity contribution in [3.63, 3.8) is 0 Å². The number of fused-ring (bicyclic) bond motifs is 1. The molecule has 1 aromatic heterocycles. The summed E-state index contributed by atoms with van der Waals surface area (Å²) >= 11 is 0. The fraction of sp³-hybridized carbons (Fsp3) is 0.160. The number of benzene rings is 3. The third kappa shape index (κ3) is 4.79. The molecule has 0 saturated heterocycles. The minimum Gasteiger partial charge on any atom is -0.497 e. The Morgan fingerprint density at radius 3 is 2.45 bits per heavy atom. The van der Waals surface area contributed by atoms with Crippen LogP contribution in [0, 0.1) is 0 Å². The van der Waals surface area contributed by atoms with Crippen molar-refractivity contribution >= 4 is 28.6 Å². The Morgan fingerprint density at radius 1 is 0.970 bits per heavy atom. The van der Waals surface area contributed by atoms with Crippen LogP contribution in [0.15, 0.2) is 66.7 Å². The highest BCUT2D eigenvalue weighted by Crippen LogP contribution is 2.25. The molecule has 1 amide bonds. The van der Waals surface area contributed by atoms with E-state index in [0.717, 1.165) is 11.3 Å². The van der Waals surface area contributed by atoms with Crippen molar-refractivity contribution in [1.29, 1.82) is 0 Å². The smallest absolute Gasteiger partial charge is 0.338 e. The van der Waals surface area contributed by atoms with Crippen LogP contribution in [0.1, 0.15) is 17.3 Å². The molecule has 4 rings (SSSR count). The summed E-state index contributed by atoms with van der Waals surface area (Å²) in [5.74, 6) is 0.866. The van der Waals surface area contributed by atoms with Crippen molar-refractivity contribution < 1.29 is 23.8 Å². The van der Waals surface area contributed by atoms with Crippen LogP contribution < -0.4 is 14.8 Å². The van der Waals surface area contributed by atoms with Gasteiger partial charge in [0.05, 0.1) is 36.5 Å². The van der Waals surface area contributed by atoms with Crippen LogP contribution in [-0.4, -0.2) is 42.2 Å². The number of hydrogen-bond acceptors (Lipinski definition) is 6. The molecule has 0 spiro atoms. The van der Waals surface area contributed by atoms with Gasteiger partial charge in [0.25, 0.3) is 5.91 Å². The fourth-order valence-corrected chi connectivity index (χ4v) is 3.29. The number of aromatic nitrogens is 2. The summed E-state index contributed by atoms with van der Waals surface area (Å²) < 4.78 is 15.8. The van der Waals surface area contributed by atoms with Crippen molar-refractivity contribution in [3.05, 3.63) is 72.3 Å². The predicted octanol–water partition coefficient (Wildman–Crippen LogP) is 4.43. The standard InChI is InChI=1S/C25H23N3O5/c1-15(24(29)28-20-6-4-5-7-22(20)32-3)33-25(30)17-10-13-19-21(14-17)27-23(26-19)16-8-11-18(31-2)12-9-16/h4-15H,1-3H3,(H,26,27)(H,28,29). The van der Waals surface area contributed by atoms with Crippen molar-refractivity contribution in [2.45, 2.75) is 13.0 Å². The molecule has 2 N–H and O–H groups in total. The third-order valence-electron chi connectivity index (χ3n) is 5.10. The Labute approximate surface area is 190 Å². The van der Waals surface area contributed by atoms with Gasteiger partial charge in [-0.15, -0.1) is 0 Å². The molecular weight excluding hydrogens is 422 g/mol. The Morgan fingerprint density at radius 2 is 1.73 bits per heavy atom. The molecule has 8 nitrogen and oxygen atoms in total. The van der Waals surface area contributed by atoms with Gasteiger partial charge < -0.3 is 24.5 Å². The maximum absolute atomic E-state index is 12.7. The highest BCUT2D eigenvalue weighted by molar-refractivity contribution is 5.99. The lowest BCUT2D eigenvalue weighted by molar-refractivity contribution is -0.123. The number of imidazole rings is 1. The lowest BCUT2D eigenvalue weighted by Gasteiger charge is -2.15. The van der Waals surface area contributed by atoms with Crippen molar-refractivity contribution in [3.8, 4) is 22.9 Å². The molecule has 3 aromatic carbocycles. The number of hydrogen-bond donors (Lipinski definition) is 2. The molecule has 4 aromatic rings. The quantitative estimate of drug-likeness (QED) is 0.408. The minimum atomic E-state index is -1.00. The first kappa shape index (κ1) is 21.9. The molecule has 1 heterocycles. The van der Waals surface area contributed by atoms with Crippen molar-refractivity contribution in [1.82, 2.24) is 9.97 Å². The summed E-state index contributed by atoms with van der Waals surface area (Å²) in [5, 5.41) is 2.71. The second-order valence-corrected chi connectivity index (χ2v) is 7.28. The Balaban J connectivity index is 1.46. The molecule has 0 fully saturated rings. The molecule has 0 bridgehead atoms. The number of carbonyl (C=O) groups is 2. The van der Waals surface area contributed by atoms with Crippen LogP contribution in [0.4, 0.5) is 5.69 Å². The summed E-state index contributed by atoms with van der Waals surface area (Å²) in [7, 11) is 3.12. The van der Waals surface area contributed by atoms with Crippen LogP contribution in [0.5, 0.6) is 11.5 Å². The first-order chi connectivity index (χ1) is 16.0. The highest BCUT2D eigenvalue weighted by atomic mass is 16.5. The Kier molecular flexibility index (Phi) is 6.26. The van der Waals surface area contributed by atoms with Gasteiger partial charge in [0.2, 0.25) is 0 Å². The second kappa shape index (κ2) is 9.44. The monoisotopic (exact) mass is 445 g/mol. The lowest BCUT2D eigenvalue weighted by atomic mass is 10.2. The van der Waals surface area contributed by atoms with Crippen LogP contribution in [-0.2, 0) is 9.53 Å². The number of methoxy groups -OCH3 is 2. The van der Waals surface area contributed by atoms with Crippen LogP contribution in [0.25, 0.3) is 22.4 Å². The van der Waals surface area contributed by atoms with E-state index >= 15 is 0 Å². The number of para-hydroxylation sites is 2. The molecular formula is C25H23N3O5. The van der Waals surface area contributed by atoms with Gasteiger partial charge in [0.15, 0.2) is 6.10 Å². The Hall–Kier alpha value is -4.33. The summed E-state index contributed by atoms with van der Waals surface area (Å²) in [6.45, 7) is 1.51. The van der Waals surface area contributed by atoms with E-state index in [1.54, 1.807) is 49.6 Å². The number of esters is 1. The van der Waals surface area contributed by atoms with E-state index in [9.17, 15) is 9.59 Å². The van der Waals surface area contributed by atoms with Gasteiger partial charge in [-0.05, 0) is 61.5 Å². The van der Waals surface area contributed by atoms with Gasteiger partial charge in [0, 0.05) is 5.56 Å². The average Bonchev–Trinajstić information content (AvgIpc) is 3.27. The van der Waals surface area contributed by atoms with E-state index in [1.165, 1.54) is 14.0 Å². The topological polar surface area (TPSA) is 103 Å². The number of anilines is 1. The van der Waals surface area contributed by atoms with E-state index in [1.807, 2.05) is 24.3 Å². The molecule has 168 valence electrons. The van der Waals surface area contributed by atoms with Gasteiger partial charge in [0.1, 0.15) is 17.3 Å². The SMILES string of the molecule is COc1ccc(-c2nc3ccc(C(=O)OC(C)C(=O)Nc4ccccc4OC)cc3[nH]2)cc1. The lowest BCUT2D eigenvalue weighted by Crippen LogP contribution is -2.30. The number of nitrogens with zero attached hydrogens (tertiary/aromatic N) is 1. The van der Waals surface area contributed by atoms with E-state index in [0.29, 0.717) is 33.9 Å². The molecule has 0 aliphatic rings. The number of aromatic amines is 1. The number of H-pyrrole nitrogens is 1. The number of carbonyl (C=O) groups excluding carboxylic acids is 2. The van der Waals surface area contributed by atoms with Crippen molar-refractivity contribution in [2.24, 2.45) is 0 Å². The van der Waals surface area contributed by atoms with Gasteiger partial charge in [-0.2, -0.15) is 0 Å². The van der Waals surface area contributed by atoms with Gasteiger partial charge in [-0.25, -0.2) is 9.78 Å². The average molecular weight is 445 g/mol. The van der Waals surface area contributed by atoms with Gasteiger partial charge in [-0.3, -0.25) is 4.79 Å². The third-order valence-corrected chi connectivity index (χ3v) is 5.10. The van der Waals surface area contributed by atoms with Crippen LogP contribution in [0.2, 0.25) is 0 Å². The maximum atomic E-state index is 12.7. The highest BCUT2D eigenvalue weighted by Gasteiger charge is 2.20. The molecule has 0 aliphatic carbocycles. The summed E-state index contributed by atoms with van der Waals surface area (Å²) in [4.78, 5) is 32.9. The molecule has 8 heteroatoms. The fourth-order valence-electron chi connectivity index (χ4n) is 3.29. The maximum Gasteiger partial charge on any atom is 0.338 e. The van der Waals surface area contributed by atoms with E-state index in [2.05, 4.69) is 15.3 Å². The first-order valence-corrected chi connectivity index (χ1v) is 10.3. The Bertz CT molecular complexity index is 1300. The molecule has 0 saturated carbocycles. The van der Waals surface area contributed by atoms with E-state index < -0.39 is 18.0 Å². The first-order valence-electron chi connectivity index (χ1n) is 10.3. The predicted molar refractivity (Wildman–Crippen MR) is 125 cm³/mol.